The van der Waals surface area contributed by atoms with E-state index in [1.54, 1.807) is 0 Å². The van der Waals surface area contributed by atoms with E-state index in [2.05, 4.69) is 47.0 Å². The lowest BCUT2D eigenvalue weighted by Gasteiger charge is -2.41. The molecule has 4 nitrogen and oxygen atoms in total. The topological polar surface area (TPSA) is 47.1 Å². The minimum atomic E-state index is 0.299. The Bertz CT molecular complexity index is 388. The van der Waals surface area contributed by atoms with Crippen molar-refractivity contribution in [3.8, 4) is 0 Å². The molecule has 18 heavy (non-hydrogen) atoms. The van der Waals surface area contributed by atoms with E-state index >= 15 is 0 Å². The highest BCUT2D eigenvalue weighted by molar-refractivity contribution is 8.00. The summed E-state index contributed by atoms with van der Waals surface area (Å²) in [4.78, 5) is 6.78. The molecule has 0 bridgehead atoms. The van der Waals surface area contributed by atoms with Gasteiger partial charge in [0.05, 0.1) is 18.1 Å². The minimum absolute atomic E-state index is 0.299. The van der Waals surface area contributed by atoms with Crippen LogP contribution in [0.2, 0.25) is 0 Å². The van der Waals surface area contributed by atoms with Crippen LogP contribution in [0.1, 0.15) is 32.5 Å². The number of rotatable bonds is 4. The van der Waals surface area contributed by atoms with Gasteiger partial charge in [-0.15, -0.1) is 0 Å². The number of nitrogens with zero attached hydrogens (tertiary/aromatic N) is 3. The summed E-state index contributed by atoms with van der Waals surface area (Å²) in [6.07, 6.45) is 3.87. The lowest BCUT2D eigenvalue weighted by molar-refractivity contribution is 0.185. The molecule has 2 rings (SSSR count). The fourth-order valence-corrected chi connectivity index (χ4v) is 3.78. The zero-order valence-electron chi connectivity index (χ0n) is 11.6. The van der Waals surface area contributed by atoms with Crippen molar-refractivity contribution in [1.82, 2.24) is 14.5 Å². The molecule has 1 aromatic rings. The smallest absolute Gasteiger partial charge is 0.0948 e. The van der Waals surface area contributed by atoms with E-state index in [0.717, 1.165) is 19.6 Å². The Balaban J connectivity index is 2.18. The van der Waals surface area contributed by atoms with Gasteiger partial charge in [-0.3, -0.25) is 4.90 Å². The molecule has 2 N–H and O–H groups in total. The van der Waals surface area contributed by atoms with Crippen LogP contribution in [0.15, 0.2) is 12.5 Å². The van der Waals surface area contributed by atoms with Gasteiger partial charge in [0.25, 0.3) is 0 Å². The highest BCUT2D eigenvalue weighted by Gasteiger charge is 2.32. The van der Waals surface area contributed by atoms with Crippen LogP contribution in [0.3, 0.4) is 0 Å². The van der Waals surface area contributed by atoms with Crippen LogP contribution in [-0.4, -0.2) is 44.6 Å². The summed E-state index contributed by atoms with van der Waals surface area (Å²) in [6, 6.07) is 0.299. The summed E-state index contributed by atoms with van der Waals surface area (Å²) in [6.45, 7) is 10.6. The first-order valence-electron chi connectivity index (χ1n) is 6.65. The molecule has 102 valence electrons. The van der Waals surface area contributed by atoms with E-state index in [-0.39, 0.29) is 0 Å². The predicted molar refractivity (Wildman–Crippen MR) is 77.8 cm³/mol. The van der Waals surface area contributed by atoms with Gasteiger partial charge in [0, 0.05) is 42.9 Å². The zero-order valence-corrected chi connectivity index (χ0v) is 12.4. The number of aromatic nitrogens is 2. The Morgan fingerprint density at radius 2 is 2.33 bits per heavy atom. The molecule has 1 fully saturated rings. The summed E-state index contributed by atoms with van der Waals surface area (Å²) in [5.41, 5.74) is 7.27. The number of imidazole rings is 1. The Kier molecular flexibility index (Phi) is 4.35. The molecule has 1 aliphatic rings. The van der Waals surface area contributed by atoms with Crippen molar-refractivity contribution in [2.24, 2.45) is 5.73 Å². The predicted octanol–water partition coefficient (Wildman–Crippen LogP) is 1.73. The number of aryl methyl sites for hydroxylation is 1. The Morgan fingerprint density at radius 3 is 2.94 bits per heavy atom. The van der Waals surface area contributed by atoms with E-state index in [0.29, 0.717) is 17.3 Å². The highest BCUT2D eigenvalue weighted by atomic mass is 32.2. The van der Waals surface area contributed by atoms with Crippen molar-refractivity contribution in [2.75, 3.05) is 25.4 Å². The third-order valence-electron chi connectivity index (χ3n) is 3.55. The molecular formula is C13H24N4S. The van der Waals surface area contributed by atoms with Gasteiger partial charge in [0.15, 0.2) is 0 Å². The number of hydrogen-bond acceptors (Lipinski definition) is 4. The second kappa shape index (κ2) is 5.63. The highest BCUT2D eigenvalue weighted by Crippen LogP contribution is 2.33. The number of nitrogens with two attached hydrogens (primary N) is 1. The van der Waals surface area contributed by atoms with Gasteiger partial charge >= 0.3 is 0 Å². The Hall–Kier alpha value is -0.520. The molecule has 1 atom stereocenters. The molecule has 0 spiro atoms. The molecule has 0 amide bonds. The molecule has 2 heterocycles. The maximum atomic E-state index is 6.02. The molecule has 0 aliphatic carbocycles. The van der Waals surface area contributed by atoms with E-state index in [4.69, 9.17) is 5.73 Å². The van der Waals surface area contributed by atoms with Gasteiger partial charge in [0.2, 0.25) is 0 Å². The first kappa shape index (κ1) is 13.9. The largest absolute Gasteiger partial charge is 0.333 e. The summed E-state index contributed by atoms with van der Waals surface area (Å²) < 4.78 is 2.52. The van der Waals surface area contributed by atoms with Crippen molar-refractivity contribution >= 4 is 11.8 Å². The van der Waals surface area contributed by atoms with Crippen LogP contribution in [0.25, 0.3) is 0 Å². The van der Waals surface area contributed by atoms with Crippen LogP contribution in [0.5, 0.6) is 0 Å². The van der Waals surface area contributed by atoms with Crippen LogP contribution >= 0.6 is 11.8 Å². The van der Waals surface area contributed by atoms with Gasteiger partial charge in [0.1, 0.15) is 0 Å². The lowest BCUT2D eigenvalue weighted by atomic mass is 10.1. The summed E-state index contributed by atoms with van der Waals surface area (Å²) >= 11 is 2.05. The summed E-state index contributed by atoms with van der Waals surface area (Å²) in [5.74, 6) is 1.18. The quantitative estimate of drug-likeness (QED) is 0.903. The molecule has 1 aromatic heterocycles. The molecule has 1 unspecified atom stereocenters. The minimum Gasteiger partial charge on any atom is -0.333 e. The van der Waals surface area contributed by atoms with Crippen LogP contribution in [0.4, 0.5) is 0 Å². The monoisotopic (exact) mass is 268 g/mol. The number of thioether (sulfide) groups is 1. The molecular weight excluding hydrogens is 244 g/mol. The van der Waals surface area contributed by atoms with E-state index in [1.807, 2.05) is 12.5 Å². The van der Waals surface area contributed by atoms with Crippen molar-refractivity contribution < 1.29 is 0 Å². The third-order valence-corrected chi connectivity index (χ3v) is 4.84. The fourth-order valence-electron chi connectivity index (χ4n) is 2.65. The SMILES string of the molecule is CCn1cncc1C(CN)N1CCSC(C)(C)C1. The molecule has 1 saturated heterocycles. The first-order chi connectivity index (χ1) is 8.57. The van der Waals surface area contributed by atoms with Crippen LogP contribution < -0.4 is 5.73 Å². The molecule has 1 aliphatic heterocycles. The Morgan fingerprint density at radius 1 is 1.56 bits per heavy atom. The molecule has 0 saturated carbocycles. The maximum Gasteiger partial charge on any atom is 0.0948 e. The van der Waals surface area contributed by atoms with Crippen molar-refractivity contribution in [3.63, 3.8) is 0 Å². The average Bonchev–Trinajstić information content (AvgIpc) is 2.77. The fraction of sp³-hybridized carbons (Fsp3) is 0.769. The average molecular weight is 268 g/mol. The number of hydrogen-bond donors (Lipinski definition) is 1. The van der Waals surface area contributed by atoms with E-state index in [1.165, 1.54) is 11.4 Å². The first-order valence-corrected chi connectivity index (χ1v) is 7.64. The Labute approximate surface area is 114 Å². The second-order valence-corrected chi connectivity index (χ2v) is 7.24. The van der Waals surface area contributed by atoms with Crippen molar-refractivity contribution in [1.29, 1.82) is 0 Å². The van der Waals surface area contributed by atoms with Gasteiger partial charge < -0.3 is 10.3 Å². The maximum absolute atomic E-state index is 6.02. The van der Waals surface area contributed by atoms with E-state index in [9.17, 15) is 0 Å². The standard InChI is InChI=1S/C13H24N4S/c1-4-16-10-15-8-12(16)11(7-14)17-5-6-18-13(2,3)9-17/h8,10-11H,4-7,9,14H2,1-3H3. The second-order valence-electron chi connectivity index (χ2n) is 5.43. The van der Waals surface area contributed by atoms with Gasteiger partial charge in [-0.25, -0.2) is 4.98 Å². The normalized spacial score (nSPS) is 22.0. The molecule has 0 radical (unpaired) electrons. The van der Waals surface area contributed by atoms with Crippen LogP contribution in [-0.2, 0) is 6.54 Å². The zero-order chi connectivity index (χ0) is 13.2. The van der Waals surface area contributed by atoms with Gasteiger partial charge in [-0.1, -0.05) is 0 Å². The van der Waals surface area contributed by atoms with Crippen molar-refractivity contribution in [3.05, 3.63) is 18.2 Å². The van der Waals surface area contributed by atoms with Gasteiger partial charge in [-0.2, -0.15) is 11.8 Å². The third kappa shape index (κ3) is 2.90. The summed E-state index contributed by atoms with van der Waals surface area (Å²) in [7, 11) is 0. The van der Waals surface area contributed by atoms with Crippen LogP contribution in [0, 0.1) is 0 Å². The molecule has 5 heteroatoms. The molecule has 0 aromatic carbocycles. The lowest BCUT2D eigenvalue weighted by Crippen LogP contribution is -2.47. The van der Waals surface area contributed by atoms with Crippen molar-refractivity contribution in [2.45, 2.75) is 38.1 Å². The summed E-state index contributed by atoms with van der Waals surface area (Å²) in [5, 5.41) is 0. The van der Waals surface area contributed by atoms with Gasteiger partial charge in [-0.05, 0) is 20.8 Å². The van der Waals surface area contributed by atoms with E-state index < -0.39 is 0 Å².